The number of carbonyl (C=O) groups excluding carboxylic acids is 2. The molecular weight excluding hydrogens is 189 g/mol. The number of aromatic carboxylic acids is 2. The number of carboxylic acid groups (broad SMARTS) is 2. The molecule has 0 unspecified atom stereocenters. The maximum atomic E-state index is 10.1. The summed E-state index contributed by atoms with van der Waals surface area (Å²) in [6, 6.07) is 3.27. The van der Waals surface area contributed by atoms with Gasteiger partial charge in [-0.1, -0.05) is 4.88 Å². The van der Waals surface area contributed by atoms with Crippen LogP contribution in [0.3, 0.4) is 0 Å². The number of rotatable bonds is 2. The van der Waals surface area contributed by atoms with E-state index in [9.17, 15) is 19.8 Å². The fraction of sp³-hybridized carbons (Fsp3) is 0. The van der Waals surface area contributed by atoms with Crippen LogP contribution in [0.2, 0.25) is 0 Å². The van der Waals surface area contributed by atoms with Crippen molar-refractivity contribution in [3.05, 3.63) is 21.9 Å². The molecule has 58 valence electrons. The predicted octanol–water partition coefficient (Wildman–Crippen LogP) is -10.7. The Labute approximate surface area is 121 Å². The zero-order valence-electron chi connectivity index (χ0n) is 8.12. The fourth-order valence-electron chi connectivity index (χ4n) is 0.501. The van der Waals surface area contributed by atoms with Crippen LogP contribution in [-0.4, -0.2) is 11.9 Å². The standard InChI is InChI=1S/C6H3O4S.3Li/c7-5(8)3-1-2-4(11-3)6(9)10;;;/h1H,(H,7,8)(H,9,10);;;/q-1;3*+1/p-2. The van der Waals surface area contributed by atoms with Crippen molar-refractivity contribution in [1.82, 2.24) is 0 Å². The molecule has 0 aliphatic carbocycles. The Bertz CT molecular complexity index is 283. The van der Waals surface area contributed by atoms with Crippen LogP contribution in [0.4, 0.5) is 0 Å². The van der Waals surface area contributed by atoms with E-state index in [2.05, 4.69) is 6.07 Å². The van der Waals surface area contributed by atoms with Crippen molar-refractivity contribution in [1.29, 1.82) is 0 Å². The molecule has 0 atom stereocenters. The summed E-state index contributed by atoms with van der Waals surface area (Å²) in [5.74, 6) is -2.83. The van der Waals surface area contributed by atoms with Crippen LogP contribution in [0, 0.1) is 6.07 Å². The first-order chi connectivity index (χ1) is 5.11. The number of carboxylic acids is 2. The molecule has 0 aliphatic rings. The third kappa shape index (κ3) is 5.35. The molecule has 8 heteroatoms. The molecule has 1 rings (SSSR count). The summed E-state index contributed by atoms with van der Waals surface area (Å²) in [5.41, 5.74) is 0. The summed E-state index contributed by atoms with van der Waals surface area (Å²) in [4.78, 5) is 19.8. The molecule has 0 saturated carbocycles. The Balaban J connectivity index is -0.000000403. The Hall–Kier alpha value is 0.432. The summed E-state index contributed by atoms with van der Waals surface area (Å²) in [5, 5.41) is 20.2. The average molecular weight is 190 g/mol. The van der Waals surface area contributed by atoms with E-state index < -0.39 is 11.9 Å². The van der Waals surface area contributed by atoms with Crippen LogP contribution in [0.15, 0.2) is 6.07 Å². The van der Waals surface area contributed by atoms with Gasteiger partial charge in [-0.25, -0.2) is 11.3 Å². The molecule has 0 N–H and O–H groups in total. The van der Waals surface area contributed by atoms with Crippen molar-refractivity contribution >= 4 is 23.3 Å². The molecule has 14 heavy (non-hydrogen) atoms. The van der Waals surface area contributed by atoms with E-state index in [1.54, 1.807) is 0 Å². The van der Waals surface area contributed by atoms with Gasteiger partial charge in [0.1, 0.15) is 0 Å². The van der Waals surface area contributed by atoms with Gasteiger partial charge in [0, 0.05) is 5.97 Å². The van der Waals surface area contributed by atoms with Gasteiger partial charge >= 0.3 is 56.6 Å². The molecule has 1 aromatic heterocycles. The Morgan fingerprint density at radius 1 is 1.14 bits per heavy atom. The number of hydrogen-bond donors (Lipinski definition) is 0. The van der Waals surface area contributed by atoms with Crippen LogP contribution in [0.5, 0.6) is 0 Å². The maximum Gasteiger partial charge on any atom is 1.00 e. The normalized spacial score (nSPS) is 7.43. The largest absolute Gasteiger partial charge is 1.00 e. The van der Waals surface area contributed by atoms with Crippen molar-refractivity contribution in [2.45, 2.75) is 0 Å². The minimum atomic E-state index is -1.43. The molecule has 4 nitrogen and oxygen atoms in total. The summed E-state index contributed by atoms with van der Waals surface area (Å²) in [6.45, 7) is 0. The van der Waals surface area contributed by atoms with Gasteiger partial charge in [0.15, 0.2) is 0 Å². The van der Waals surface area contributed by atoms with Crippen molar-refractivity contribution in [3.63, 3.8) is 0 Å². The van der Waals surface area contributed by atoms with Gasteiger partial charge in [-0.15, -0.1) is 0 Å². The third-order valence-electron chi connectivity index (χ3n) is 0.933. The Kier molecular flexibility index (Phi) is 12.4. The van der Waals surface area contributed by atoms with Crippen molar-refractivity contribution in [2.24, 2.45) is 0 Å². The van der Waals surface area contributed by atoms with Gasteiger partial charge < -0.3 is 19.8 Å². The first kappa shape index (κ1) is 19.9. The van der Waals surface area contributed by atoms with Crippen molar-refractivity contribution < 1.29 is 76.4 Å². The van der Waals surface area contributed by atoms with Crippen LogP contribution in [-0.2, 0) is 0 Å². The molecule has 0 saturated heterocycles. The zero-order chi connectivity index (χ0) is 8.43. The molecule has 0 fully saturated rings. The Morgan fingerprint density at radius 2 is 1.64 bits per heavy atom. The topological polar surface area (TPSA) is 80.3 Å². The molecule has 1 aromatic rings. The molecule has 0 bridgehead atoms. The van der Waals surface area contributed by atoms with Gasteiger partial charge in [-0.05, 0) is 10.8 Å². The van der Waals surface area contributed by atoms with Gasteiger partial charge in [0.05, 0.1) is 0 Å². The van der Waals surface area contributed by atoms with E-state index in [1.807, 2.05) is 0 Å². The molecule has 0 amide bonds. The van der Waals surface area contributed by atoms with Gasteiger partial charge in [0.2, 0.25) is 0 Å². The van der Waals surface area contributed by atoms with Crippen LogP contribution < -0.4 is 66.8 Å². The first-order valence-corrected chi connectivity index (χ1v) is 3.37. The Morgan fingerprint density at radius 3 is 1.86 bits per heavy atom. The van der Waals surface area contributed by atoms with E-state index in [0.29, 0.717) is 11.3 Å². The number of carbonyl (C=O) groups is 2. The van der Waals surface area contributed by atoms with E-state index in [-0.39, 0.29) is 66.3 Å². The van der Waals surface area contributed by atoms with E-state index in [0.717, 1.165) is 6.07 Å². The molecule has 0 aliphatic heterocycles. The van der Waals surface area contributed by atoms with Crippen molar-refractivity contribution in [2.75, 3.05) is 0 Å². The summed E-state index contributed by atoms with van der Waals surface area (Å²) in [6.07, 6.45) is 0. The van der Waals surface area contributed by atoms with E-state index >= 15 is 0 Å². The first-order valence-electron chi connectivity index (χ1n) is 2.55. The molecule has 0 aromatic carbocycles. The van der Waals surface area contributed by atoms with Crippen LogP contribution in [0.25, 0.3) is 0 Å². The fourth-order valence-corrected chi connectivity index (χ4v) is 1.12. The van der Waals surface area contributed by atoms with Gasteiger partial charge in [-0.3, -0.25) is 0 Å². The van der Waals surface area contributed by atoms with Crippen LogP contribution >= 0.6 is 11.3 Å². The average Bonchev–Trinajstić information content (AvgIpc) is 2.33. The molecule has 1 heterocycles. The summed E-state index contributed by atoms with van der Waals surface area (Å²) < 4.78 is 0. The van der Waals surface area contributed by atoms with Gasteiger partial charge in [-0.2, -0.15) is 12.1 Å². The van der Waals surface area contributed by atoms with Gasteiger partial charge in [0.25, 0.3) is 0 Å². The number of thiophene rings is 1. The SMILES string of the molecule is O=C([O-])c1[c-]cc(C(=O)[O-])s1.[Li+].[Li+].[Li+]. The second-order valence-electron chi connectivity index (χ2n) is 1.66. The maximum absolute atomic E-state index is 10.1. The second-order valence-corrected chi connectivity index (χ2v) is 2.71. The zero-order valence-corrected chi connectivity index (χ0v) is 8.94. The third-order valence-corrected chi connectivity index (χ3v) is 1.93. The number of hydrogen-bond acceptors (Lipinski definition) is 5. The van der Waals surface area contributed by atoms with Crippen LogP contribution in [0.1, 0.15) is 19.3 Å². The molecule has 0 radical (unpaired) electrons. The monoisotopic (exact) mass is 190 g/mol. The molecular formula is C6HLi3O4S. The minimum Gasteiger partial charge on any atom is -0.620 e. The smallest absolute Gasteiger partial charge is 0.620 e. The van der Waals surface area contributed by atoms with Crippen molar-refractivity contribution in [3.8, 4) is 0 Å². The molecule has 0 spiro atoms. The second kappa shape index (κ2) is 8.72. The predicted molar refractivity (Wildman–Crippen MR) is 31.8 cm³/mol. The quantitative estimate of drug-likeness (QED) is 0.342. The van der Waals surface area contributed by atoms with E-state index in [1.165, 1.54) is 0 Å². The summed E-state index contributed by atoms with van der Waals surface area (Å²) in [7, 11) is 0. The van der Waals surface area contributed by atoms with E-state index in [4.69, 9.17) is 0 Å². The summed E-state index contributed by atoms with van der Waals surface area (Å²) >= 11 is 0.569. The minimum absolute atomic E-state index is 0.